The summed E-state index contributed by atoms with van der Waals surface area (Å²) in [4.78, 5) is 0. The fourth-order valence-corrected chi connectivity index (χ4v) is 3.91. The van der Waals surface area contributed by atoms with Gasteiger partial charge in [0.25, 0.3) is 0 Å². The molecule has 0 aromatic heterocycles. The lowest BCUT2D eigenvalue weighted by molar-refractivity contribution is 0.492. The molecule has 106 valence electrons. The Morgan fingerprint density at radius 1 is 1.47 bits per heavy atom. The molecule has 1 aliphatic rings. The van der Waals surface area contributed by atoms with Crippen LogP contribution in [0.4, 0.5) is 0 Å². The molecule has 1 N–H and O–H groups in total. The standard InChI is InChI=1S/C14H22N2O2S/c1-5-7-12-8-9-14(4,11(3)13(12)10-15)19(17,18)16-6-2/h8-9,11,16H,5-7H2,1-4H3. The van der Waals surface area contributed by atoms with Crippen molar-refractivity contribution in [2.75, 3.05) is 6.54 Å². The van der Waals surface area contributed by atoms with Crippen molar-refractivity contribution in [3.63, 3.8) is 0 Å². The summed E-state index contributed by atoms with van der Waals surface area (Å²) in [5.74, 6) is -0.340. The van der Waals surface area contributed by atoms with Crippen LogP contribution in [0.25, 0.3) is 0 Å². The molecule has 0 aliphatic heterocycles. The molecule has 0 saturated carbocycles. The highest BCUT2D eigenvalue weighted by atomic mass is 32.2. The Balaban J connectivity index is 3.27. The van der Waals surface area contributed by atoms with E-state index in [2.05, 4.69) is 10.8 Å². The number of rotatable bonds is 5. The van der Waals surface area contributed by atoms with Gasteiger partial charge in [-0.15, -0.1) is 0 Å². The van der Waals surface area contributed by atoms with E-state index >= 15 is 0 Å². The van der Waals surface area contributed by atoms with Crippen LogP contribution >= 0.6 is 0 Å². The first-order valence-corrected chi connectivity index (χ1v) is 8.14. The van der Waals surface area contributed by atoms with Gasteiger partial charge < -0.3 is 0 Å². The maximum atomic E-state index is 12.3. The molecule has 2 unspecified atom stereocenters. The number of allylic oxidation sites excluding steroid dienone is 3. The van der Waals surface area contributed by atoms with Gasteiger partial charge in [0.05, 0.1) is 6.07 Å². The van der Waals surface area contributed by atoms with Crippen molar-refractivity contribution >= 4 is 10.0 Å². The summed E-state index contributed by atoms with van der Waals surface area (Å²) >= 11 is 0. The molecular weight excluding hydrogens is 260 g/mol. The normalized spacial score (nSPS) is 27.4. The molecule has 1 aliphatic carbocycles. The van der Waals surface area contributed by atoms with Crippen LogP contribution in [-0.4, -0.2) is 19.7 Å². The number of hydrogen-bond acceptors (Lipinski definition) is 3. The van der Waals surface area contributed by atoms with E-state index < -0.39 is 14.8 Å². The van der Waals surface area contributed by atoms with Crippen molar-refractivity contribution < 1.29 is 8.42 Å². The van der Waals surface area contributed by atoms with E-state index in [9.17, 15) is 13.7 Å². The van der Waals surface area contributed by atoms with Crippen molar-refractivity contribution in [1.29, 1.82) is 5.26 Å². The zero-order chi connectivity index (χ0) is 14.7. The van der Waals surface area contributed by atoms with Gasteiger partial charge in [0, 0.05) is 18.0 Å². The van der Waals surface area contributed by atoms with Crippen LogP contribution in [0.5, 0.6) is 0 Å². The van der Waals surface area contributed by atoms with E-state index in [0.717, 1.165) is 18.4 Å². The fraction of sp³-hybridized carbons (Fsp3) is 0.643. The molecule has 0 aromatic rings. The number of nitriles is 1. The number of hydrogen-bond donors (Lipinski definition) is 1. The highest BCUT2D eigenvalue weighted by molar-refractivity contribution is 7.91. The molecule has 0 aromatic carbocycles. The number of sulfonamides is 1. The van der Waals surface area contributed by atoms with Gasteiger partial charge >= 0.3 is 0 Å². The lowest BCUT2D eigenvalue weighted by Gasteiger charge is -2.35. The smallest absolute Gasteiger partial charge is 0.215 e. The van der Waals surface area contributed by atoms with Crippen LogP contribution in [0.1, 0.15) is 40.5 Å². The van der Waals surface area contributed by atoms with Gasteiger partial charge in [-0.2, -0.15) is 5.26 Å². The molecule has 4 nitrogen and oxygen atoms in total. The van der Waals surface area contributed by atoms with Crippen LogP contribution in [0, 0.1) is 17.2 Å². The van der Waals surface area contributed by atoms with Crippen molar-refractivity contribution in [1.82, 2.24) is 4.72 Å². The molecule has 0 spiro atoms. The first-order chi connectivity index (χ1) is 8.84. The third-order valence-corrected chi connectivity index (χ3v) is 6.12. The van der Waals surface area contributed by atoms with Crippen LogP contribution in [-0.2, 0) is 10.0 Å². The molecule has 0 heterocycles. The summed E-state index contributed by atoms with van der Waals surface area (Å²) in [5.41, 5.74) is 1.55. The van der Waals surface area contributed by atoms with Gasteiger partial charge in [-0.25, -0.2) is 13.1 Å². The van der Waals surface area contributed by atoms with Gasteiger partial charge in [-0.3, -0.25) is 0 Å². The summed E-state index contributed by atoms with van der Waals surface area (Å²) in [7, 11) is -3.49. The first kappa shape index (κ1) is 15.9. The number of nitrogens with one attached hydrogen (secondary N) is 1. The van der Waals surface area contributed by atoms with E-state index in [1.807, 2.05) is 13.8 Å². The van der Waals surface area contributed by atoms with E-state index in [1.54, 1.807) is 26.0 Å². The first-order valence-electron chi connectivity index (χ1n) is 6.65. The van der Waals surface area contributed by atoms with E-state index in [0.29, 0.717) is 12.1 Å². The minimum absolute atomic E-state index is 0.340. The molecule has 0 fully saturated rings. The minimum Gasteiger partial charge on any atom is -0.215 e. The molecule has 1 rings (SSSR count). The van der Waals surface area contributed by atoms with Crippen LogP contribution in [0.2, 0.25) is 0 Å². The second-order valence-electron chi connectivity index (χ2n) is 5.04. The zero-order valence-electron chi connectivity index (χ0n) is 12.0. The molecular formula is C14H22N2O2S. The largest absolute Gasteiger partial charge is 0.221 e. The lowest BCUT2D eigenvalue weighted by Crippen LogP contribution is -2.48. The summed E-state index contributed by atoms with van der Waals surface area (Å²) in [6.07, 6.45) is 5.27. The topological polar surface area (TPSA) is 70.0 Å². The summed E-state index contributed by atoms with van der Waals surface area (Å²) in [5, 5.41) is 9.33. The molecule has 5 heteroatoms. The molecule has 0 amide bonds. The molecule has 0 bridgehead atoms. The maximum absolute atomic E-state index is 12.3. The Morgan fingerprint density at radius 2 is 2.11 bits per heavy atom. The van der Waals surface area contributed by atoms with Crippen LogP contribution < -0.4 is 4.72 Å². The van der Waals surface area contributed by atoms with Gasteiger partial charge in [0.1, 0.15) is 4.75 Å². The van der Waals surface area contributed by atoms with Crippen molar-refractivity contribution in [3.8, 4) is 6.07 Å². The Hall–Kier alpha value is -1.12. The Labute approximate surface area is 116 Å². The predicted molar refractivity (Wildman–Crippen MR) is 76.9 cm³/mol. The van der Waals surface area contributed by atoms with Crippen LogP contribution in [0.15, 0.2) is 23.3 Å². The third kappa shape index (κ3) is 2.75. The highest BCUT2D eigenvalue weighted by Gasteiger charge is 2.45. The van der Waals surface area contributed by atoms with Gasteiger partial charge in [0.2, 0.25) is 10.0 Å². The van der Waals surface area contributed by atoms with Gasteiger partial charge in [-0.1, -0.05) is 39.3 Å². The SMILES string of the molecule is CCCC1=C(C#N)C(C)C(C)(S(=O)(=O)NCC)C=C1. The Kier molecular flexibility index (Phi) is 4.94. The van der Waals surface area contributed by atoms with Crippen LogP contribution in [0.3, 0.4) is 0 Å². The van der Waals surface area contributed by atoms with Gasteiger partial charge in [-0.05, 0) is 18.9 Å². The maximum Gasteiger partial charge on any atom is 0.221 e. The van der Waals surface area contributed by atoms with Crippen molar-refractivity contribution in [2.45, 2.75) is 45.3 Å². The molecule has 19 heavy (non-hydrogen) atoms. The predicted octanol–water partition coefficient (Wildman–Crippen LogP) is 2.51. The second-order valence-corrected chi connectivity index (χ2v) is 7.22. The van der Waals surface area contributed by atoms with E-state index in [-0.39, 0.29) is 5.92 Å². The lowest BCUT2D eigenvalue weighted by atomic mass is 9.80. The molecule has 0 radical (unpaired) electrons. The van der Waals surface area contributed by atoms with Crippen molar-refractivity contribution in [3.05, 3.63) is 23.3 Å². The highest BCUT2D eigenvalue weighted by Crippen LogP contribution is 2.39. The average molecular weight is 282 g/mol. The number of nitrogens with zero attached hydrogens (tertiary/aromatic N) is 1. The van der Waals surface area contributed by atoms with Gasteiger partial charge in [0.15, 0.2) is 0 Å². The van der Waals surface area contributed by atoms with E-state index in [1.165, 1.54) is 0 Å². The zero-order valence-corrected chi connectivity index (χ0v) is 12.8. The summed E-state index contributed by atoms with van der Waals surface area (Å²) in [6, 6.07) is 2.19. The van der Waals surface area contributed by atoms with E-state index in [4.69, 9.17) is 0 Å². The summed E-state index contributed by atoms with van der Waals surface area (Å²) in [6.45, 7) is 7.64. The quantitative estimate of drug-likeness (QED) is 0.842. The summed E-state index contributed by atoms with van der Waals surface area (Å²) < 4.78 is 26.2. The second kappa shape index (κ2) is 5.89. The average Bonchev–Trinajstić information content (AvgIpc) is 2.34. The monoisotopic (exact) mass is 282 g/mol. The molecule has 2 atom stereocenters. The molecule has 0 saturated heterocycles. The fourth-order valence-electron chi connectivity index (χ4n) is 2.39. The Bertz CT molecular complexity index is 540. The Morgan fingerprint density at radius 3 is 2.58 bits per heavy atom. The third-order valence-electron chi connectivity index (χ3n) is 3.81. The minimum atomic E-state index is -3.49. The van der Waals surface area contributed by atoms with Crippen molar-refractivity contribution in [2.24, 2.45) is 5.92 Å².